The second-order valence-electron chi connectivity index (χ2n) is 7.50. The first-order chi connectivity index (χ1) is 15.8. The number of pyridine rings is 1. The molecule has 8 nitrogen and oxygen atoms in total. The van der Waals surface area contributed by atoms with Crippen molar-refractivity contribution in [3.8, 4) is 23.1 Å². The quantitative estimate of drug-likeness (QED) is 0.416. The third kappa shape index (κ3) is 3.70. The first kappa shape index (κ1) is 21.0. The predicted octanol–water partition coefficient (Wildman–Crippen LogP) is 4.03. The number of alkyl halides is 3. The van der Waals surface area contributed by atoms with Gasteiger partial charge in [0, 0.05) is 29.6 Å². The molecule has 4 aromatic rings. The summed E-state index contributed by atoms with van der Waals surface area (Å²) in [6.45, 7) is 0. The molecule has 33 heavy (non-hydrogen) atoms. The molecule has 2 atom stereocenters. The number of nitrogens with zero attached hydrogens (tertiary/aromatic N) is 6. The molecule has 0 bridgehead atoms. The summed E-state index contributed by atoms with van der Waals surface area (Å²) in [6.07, 6.45) is -0.479. The normalized spacial score (nSPS) is 17.9. The van der Waals surface area contributed by atoms with Gasteiger partial charge >= 0.3 is 12.2 Å². The molecule has 1 aliphatic rings. The molecular formula is C21H16F4N6O2. The van der Waals surface area contributed by atoms with Crippen LogP contribution in [0.1, 0.15) is 35.1 Å². The average Bonchev–Trinajstić information content (AvgIpc) is 3.53. The first-order valence-electron chi connectivity index (χ1n) is 9.83. The van der Waals surface area contributed by atoms with Crippen LogP contribution in [0.2, 0.25) is 0 Å². The minimum absolute atomic E-state index is 0.0985. The second kappa shape index (κ2) is 7.64. The number of hydrogen-bond acceptors (Lipinski definition) is 7. The van der Waals surface area contributed by atoms with E-state index in [0.29, 0.717) is 34.6 Å². The SMILES string of the molecule is COc1ncc(-c2cc([C@H]3C[C@@H]3c3ccc(C(F)(F)F)cn3)c3ncc(F)n3n2)c(OC)n1. The summed E-state index contributed by atoms with van der Waals surface area (Å²) in [5, 5.41) is 4.31. The fraction of sp³-hybridized carbons (Fsp3) is 0.286. The Hall–Kier alpha value is -3.83. The van der Waals surface area contributed by atoms with Gasteiger partial charge in [0.1, 0.15) is 0 Å². The first-order valence-corrected chi connectivity index (χ1v) is 9.83. The number of halogens is 4. The Balaban J connectivity index is 1.55. The molecule has 0 unspecified atom stereocenters. The Morgan fingerprint density at radius 1 is 1.00 bits per heavy atom. The van der Waals surface area contributed by atoms with Crippen LogP contribution in [-0.4, -0.2) is 43.8 Å². The van der Waals surface area contributed by atoms with Crippen LogP contribution in [0.5, 0.6) is 11.9 Å². The Kier molecular flexibility index (Phi) is 4.87. The van der Waals surface area contributed by atoms with Gasteiger partial charge in [0.05, 0.1) is 37.2 Å². The molecule has 1 saturated carbocycles. The van der Waals surface area contributed by atoms with Crippen LogP contribution < -0.4 is 9.47 Å². The van der Waals surface area contributed by atoms with Gasteiger partial charge in [-0.25, -0.2) is 9.97 Å². The van der Waals surface area contributed by atoms with Gasteiger partial charge in [-0.3, -0.25) is 4.98 Å². The smallest absolute Gasteiger partial charge is 0.417 e. The van der Waals surface area contributed by atoms with Crippen LogP contribution >= 0.6 is 0 Å². The number of aromatic nitrogens is 6. The number of rotatable bonds is 5. The molecule has 1 fully saturated rings. The zero-order chi connectivity index (χ0) is 23.3. The zero-order valence-electron chi connectivity index (χ0n) is 17.3. The Bertz CT molecular complexity index is 1340. The summed E-state index contributed by atoms with van der Waals surface area (Å²) in [4.78, 5) is 16.4. The van der Waals surface area contributed by atoms with E-state index in [1.54, 1.807) is 6.07 Å². The van der Waals surface area contributed by atoms with Gasteiger partial charge in [-0.15, -0.1) is 0 Å². The molecule has 4 heterocycles. The fourth-order valence-electron chi connectivity index (χ4n) is 3.81. The minimum Gasteiger partial charge on any atom is -0.480 e. The highest BCUT2D eigenvalue weighted by Gasteiger charge is 2.43. The molecule has 0 amide bonds. The lowest BCUT2D eigenvalue weighted by atomic mass is 10.1. The second-order valence-corrected chi connectivity index (χ2v) is 7.50. The standard InChI is InChI=1S/C21H16F4N6O2/c1-32-19-14(8-28-20(29-19)33-2)16-6-13(18-27-9-17(22)31(18)30-16)11-5-12(11)15-4-3-10(7-26-15)21(23,24)25/h3-4,6-9,11-12H,5H2,1-2H3/t11-,12-/m0/s1. The third-order valence-electron chi connectivity index (χ3n) is 5.52. The van der Waals surface area contributed by atoms with Gasteiger partial charge in [0.2, 0.25) is 11.8 Å². The summed E-state index contributed by atoms with van der Waals surface area (Å²) in [6, 6.07) is 4.23. The molecule has 0 spiro atoms. The number of hydrogen-bond donors (Lipinski definition) is 0. The molecule has 0 saturated heterocycles. The molecular weight excluding hydrogens is 444 g/mol. The maximum Gasteiger partial charge on any atom is 0.417 e. The number of ether oxygens (including phenoxy) is 2. The van der Waals surface area contributed by atoms with E-state index in [1.807, 2.05) is 0 Å². The van der Waals surface area contributed by atoms with Gasteiger partial charge in [-0.05, 0) is 30.5 Å². The van der Waals surface area contributed by atoms with Gasteiger partial charge in [-0.2, -0.15) is 32.2 Å². The van der Waals surface area contributed by atoms with Gasteiger partial charge in [0.15, 0.2) is 5.65 Å². The van der Waals surface area contributed by atoms with Crippen molar-refractivity contribution in [3.05, 3.63) is 59.6 Å². The molecule has 0 aliphatic heterocycles. The summed E-state index contributed by atoms with van der Waals surface area (Å²) in [7, 11) is 2.84. The average molecular weight is 460 g/mol. The molecule has 12 heteroatoms. The van der Waals surface area contributed by atoms with Crippen LogP contribution in [0.4, 0.5) is 17.6 Å². The lowest BCUT2D eigenvalue weighted by Gasteiger charge is -2.11. The summed E-state index contributed by atoms with van der Waals surface area (Å²) in [5.41, 5.74) is 1.50. The van der Waals surface area contributed by atoms with Crippen molar-refractivity contribution >= 4 is 5.65 Å². The number of fused-ring (bicyclic) bond motifs is 1. The van der Waals surface area contributed by atoms with E-state index < -0.39 is 17.7 Å². The van der Waals surface area contributed by atoms with E-state index in [2.05, 4.69) is 25.0 Å². The maximum absolute atomic E-state index is 14.4. The lowest BCUT2D eigenvalue weighted by Crippen LogP contribution is -2.06. The summed E-state index contributed by atoms with van der Waals surface area (Å²) >= 11 is 0. The van der Waals surface area contributed by atoms with Crippen LogP contribution in [0, 0.1) is 5.95 Å². The van der Waals surface area contributed by atoms with Crippen molar-refractivity contribution in [2.24, 2.45) is 0 Å². The highest BCUT2D eigenvalue weighted by molar-refractivity contribution is 5.68. The summed E-state index contributed by atoms with van der Waals surface area (Å²) in [5.74, 6) is -0.714. The van der Waals surface area contributed by atoms with E-state index >= 15 is 0 Å². The van der Waals surface area contributed by atoms with Gasteiger partial charge in [0.25, 0.3) is 0 Å². The molecule has 0 N–H and O–H groups in total. The molecule has 5 rings (SSSR count). The van der Waals surface area contributed by atoms with E-state index in [9.17, 15) is 17.6 Å². The monoisotopic (exact) mass is 460 g/mol. The van der Waals surface area contributed by atoms with Gasteiger partial charge < -0.3 is 9.47 Å². The van der Waals surface area contributed by atoms with Crippen molar-refractivity contribution in [2.45, 2.75) is 24.4 Å². The molecule has 0 aromatic carbocycles. The third-order valence-corrected chi connectivity index (χ3v) is 5.52. The van der Waals surface area contributed by atoms with Crippen molar-refractivity contribution in [2.75, 3.05) is 14.2 Å². The predicted molar refractivity (Wildman–Crippen MR) is 106 cm³/mol. The van der Waals surface area contributed by atoms with Crippen molar-refractivity contribution in [1.29, 1.82) is 0 Å². The van der Waals surface area contributed by atoms with Crippen LogP contribution in [-0.2, 0) is 6.18 Å². The Morgan fingerprint density at radius 2 is 1.82 bits per heavy atom. The molecule has 1 aliphatic carbocycles. The highest BCUT2D eigenvalue weighted by atomic mass is 19.4. The van der Waals surface area contributed by atoms with E-state index in [-0.39, 0.29) is 23.7 Å². The van der Waals surface area contributed by atoms with Crippen molar-refractivity contribution in [3.63, 3.8) is 0 Å². The number of imidazole rings is 1. The Labute approximate surface area is 184 Å². The Morgan fingerprint density at radius 3 is 2.48 bits per heavy atom. The van der Waals surface area contributed by atoms with Crippen LogP contribution in [0.15, 0.2) is 36.8 Å². The summed E-state index contributed by atoms with van der Waals surface area (Å²) < 4.78 is 64.4. The minimum atomic E-state index is -4.45. The highest BCUT2D eigenvalue weighted by Crippen LogP contribution is 2.55. The van der Waals surface area contributed by atoms with E-state index in [0.717, 1.165) is 23.0 Å². The van der Waals surface area contributed by atoms with Crippen LogP contribution in [0.25, 0.3) is 16.9 Å². The van der Waals surface area contributed by atoms with Crippen LogP contribution in [0.3, 0.4) is 0 Å². The fourth-order valence-corrected chi connectivity index (χ4v) is 3.81. The molecule has 0 radical (unpaired) electrons. The van der Waals surface area contributed by atoms with E-state index in [1.165, 1.54) is 26.5 Å². The van der Waals surface area contributed by atoms with E-state index in [4.69, 9.17) is 9.47 Å². The van der Waals surface area contributed by atoms with Crippen molar-refractivity contribution < 1.29 is 27.0 Å². The zero-order valence-corrected chi connectivity index (χ0v) is 17.3. The number of methoxy groups -OCH3 is 2. The topological polar surface area (TPSA) is 87.3 Å². The lowest BCUT2D eigenvalue weighted by molar-refractivity contribution is -0.137. The largest absolute Gasteiger partial charge is 0.480 e. The molecule has 170 valence electrons. The maximum atomic E-state index is 14.4. The molecule has 4 aromatic heterocycles. The van der Waals surface area contributed by atoms with Crippen molar-refractivity contribution in [1.82, 2.24) is 29.5 Å². The van der Waals surface area contributed by atoms with Gasteiger partial charge in [-0.1, -0.05) is 0 Å².